The molecule has 6 rings (SSSR count). The molecule has 0 aliphatic carbocycles. The van der Waals surface area contributed by atoms with Crippen molar-refractivity contribution in [3.8, 4) is 0 Å². The van der Waals surface area contributed by atoms with Crippen LogP contribution in [0.4, 0.5) is 5.82 Å². The Bertz CT molecular complexity index is 1870. The second-order valence-corrected chi connectivity index (χ2v) is 15.1. The fraction of sp³-hybridized carbons (Fsp3) is 0.216. The van der Waals surface area contributed by atoms with Gasteiger partial charge in [-0.2, -0.15) is 4.98 Å². The second kappa shape index (κ2) is 15.0. The van der Waals surface area contributed by atoms with Crippen LogP contribution < -0.4 is 11.0 Å². The summed E-state index contributed by atoms with van der Waals surface area (Å²) in [5, 5.41) is 2.70. The molecule has 0 unspecified atom stereocenters. The number of morpholine rings is 1. The zero-order chi connectivity index (χ0) is 34.4. The molecule has 0 radical (unpaired) electrons. The van der Waals surface area contributed by atoms with Gasteiger partial charge in [0.1, 0.15) is 5.82 Å². The number of hydrogen-bond donors (Lipinski definition) is 1. The van der Waals surface area contributed by atoms with E-state index in [2.05, 4.69) is 51.6 Å². The molecular formula is C37H37ClN5O5P. The lowest BCUT2D eigenvalue weighted by atomic mass is 9.75. The molecule has 1 fully saturated rings. The van der Waals surface area contributed by atoms with Gasteiger partial charge in [0.2, 0.25) is 0 Å². The van der Waals surface area contributed by atoms with Crippen molar-refractivity contribution >= 4 is 29.8 Å². The molecular weight excluding hydrogens is 661 g/mol. The van der Waals surface area contributed by atoms with Crippen LogP contribution in [-0.2, 0) is 19.4 Å². The van der Waals surface area contributed by atoms with Crippen LogP contribution in [-0.4, -0.2) is 64.9 Å². The third-order valence-corrected chi connectivity index (χ3v) is 11.1. The molecule has 1 aliphatic rings. The summed E-state index contributed by atoms with van der Waals surface area (Å²) in [5.74, 6) is -0.267. The number of amides is 1. The van der Waals surface area contributed by atoms with Crippen LogP contribution in [0.15, 0.2) is 138 Å². The molecule has 49 heavy (non-hydrogen) atoms. The Morgan fingerprint density at radius 2 is 1.39 bits per heavy atom. The number of ether oxygens (including phenoxy) is 1. The number of hydrogen-bond acceptors (Lipinski definition) is 7. The number of carbonyl (C=O) groups excluding carboxylic acids is 1. The first-order valence-electron chi connectivity index (χ1n) is 15.8. The maximum Gasteiger partial charge on any atom is 0.362 e. The third kappa shape index (κ3) is 7.45. The predicted octanol–water partition coefficient (Wildman–Crippen LogP) is 6.61. The van der Waals surface area contributed by atoms with E-state index in [1.807, 2.05) is 60.7 Å². The summed E-state index contributed by atoms with van der Waals surface area (Å²) in [6.45, 7) is -3.13. The van der Waals surface area contributed by atoms with Gasteiger partial charge >= 0.3 is 12.6 Å². The van der Waals surface area contributed by atoms with Gasteiger partial charge in [-0.3, -0.25) is 18.8 Å². The minimum atomic E-state index is -3.63. The van der Waals surface area contributed by atoms with Crippen molar-refractivity contribution in [2.75, 3.05) is 39.1 Å². The van der Waals surface area contributed by atoms with E-state index in [4.69, 9.17) is 20.5 Å². The van der Waals surface area contributed by atoms with Crippen LogP contribution >= 0.6 is 18.1 Å². The molecule has 0 saturated carbocycles. The van der Waals surface area contributed by atoms with Crippen LogP contribution in [0.25, 0.3) is 0 Å². The van der Waals surface area contributed by atoms with Gasteiger partial charge in [-0.15, -0.1) is 0 Å². The van der Waals surface area contributed by atoms with E-state index >= 15 is 0 Å². The Morgan fingerprint density at radius 1 is 0.878 bits per heavy atom. The van der Waals surface area contributed by atoms with Gasteiger partial charge in [0.25, 0.3) is 5.91 Å². The van der Waals surface area contributed by atoms with E-state index in [-0.39, 0.29) is 24.9 Å². The largest absolute Gasteiger partial charge is 0.362 e. The lowest BCUT2D eigenvalue weighted by Crippen LogP contribution is -2.58. The minimum absolute atomic E-state index is 0.103. The van der Waals surface area contributed by atoms with Crippen LogP contribution in [0.3, 0.4) is 0 Å². The van der Waals surface area contributed by atoms with Crippen molar-refractivity contribution in [1.29, 1.82) is 0 Å². The van der Waals surface area contributed by atoms with E-state index in [0.717, 1.165) is 16.7 Å². The number of nitrogens with one attached hydrogen (secondary N) is 1. The molecule has 252 valence electrons. The highest BCUT2D eigenvalue weighted by Crippen LogP contribution is 2.54. The molecule has 1 N–H and O–H groups in total. The predicted molar refractivity (Wildman–Crippen MR) is 191 cm³/mol. The SMILES string of the molecule is CN(C)[P@](=O)(Cl)OC[C@@H]1CN(C(c2ccccc2)(c2ccccc2)c2ccccc2)C[C@H](n2ccc(NC(=O)c3ccccc3)nc2=O)O1. The van der Waals surface area contributed by atoms with Crippen molar-refractivity contribution in [3.63, 3.8) is 0 Å². The summed E-state index contributed by atoms with van der Waals surface area (Å²) in [7, 11) is 3.17. The first-order valence-corrected chi connectivity index (χ1v) is 18.3. The number of carbonyl (C=O) groups is 1. The monoisotopic (exact) mass is 697 g/mol. The molecule has 12 heteroatoms. The van der Waals surface area contributed by atoms with Gasteiger partial charge < -0.3 is 14.6 Å². The smallest absolute Gasteiger partial charge is 0.350 e. The van der Waals surface area contributed by atoms with E-state index in [9.17, 15) is 14.2 Å². The molecule has 1 saturated heterocycles. The summed E-state index contributed by atoms with van der Waals surface area (Å²) in [4.78, 5) is 32.9. The normalized spacial score (nSPS) is 18.1. The average molecular weight is 698 g/mol. The van der Waals surface area contributed by atoms with Crippen LogP contribution in [0, 0.1) is 0 Å². The van der Waals surface area contributed by atoms with E-state index in [1.54, 1.807) is 50.6 Å². The number of anilines is 1. The Balaban J connectivity index is 1.43. The highest BCUT2D eigenvalue weighted by Gasteiger charge is 2.47. The first-order chi connectivity index (χ1) is 23.7. The van der Waals surface area contributed by atoms with Gasteiger partial charge in [0.05, 0.1) is 18.2 Å². The molecule has 2 heterocycles. The van der Waals surface area contributed by atoms with Crippen molar-refractivity contribution in [1.82, 2.24) is 19.1 Å². The topological polar surface area (TPSA) is 106 Å². The summed E-state index contributed by atoms with van der Waals surface area (Å²) in [5.41, 5.74) is 2.02. The number of aromatic nitrogens is 2. The standard InChI is InChI=1S/C37H37ClN5O5P/c1-41(2)49(38,46)47-27-32-25-42(26-34(48-32)43-24-23-33(40-36(43)45)39-35(44)28-15-7-3-8-16-28)37(29-17-9-4-10-18-29,30-19-11-5-12-20-30)31-21-13-6-14-22-31/h3-24,32,34H,25-27H2,1-2H3,(H,39,40,44,45)/t32-,34+,49-/m0/s1. The first kappa shape index (κ1) is 34.5. The molecule has 0 bridgehead atoms. The Morgan fingerprint density at radius 3 is 1.88 bits per heavy atom. The number of halogens is 1. The summed E-state index contributed by atoms with van der Waals surface area (Å²) < 4.78 is 28.1. The fourth-order valence-electron chi connectivity index (χ4n) is 6.19. The van der Waals surface area contributed by atoms with Crippen LogP contribution in [0.5, 0.6) is 0 Å². The lowest BCUT2D eigenvalue weighted by molar-refractivity contribution is -0.148. The van der Waals surface area contributed by atoms with E-state index in [0.29, 0.717) is 12.1 Å². The molecule has 4 aromatic carbocycles. The summed E-state index contributed by atoms with van der Waals surface area (Å²) in [6, 6.07) is 40.8. The zero-order valence-electron chi connectivity index (χ0n) is 27.1. The van der Waals surface area contributed by atoms with Crippen molar-refractivity contribution in [3.05, 3.63) is 166 Å². The maximum absolute atomic E-state index is 13.6. The number of rotatable bonds is 11. The quantitative estimate of drug-likeness (QED) is 0.121. The average Bonchev–Trinajstić information content (AvgIpc) is 3.13. The maximum atomic E-state index is 13.6. The molecule has 0 spiro atoms. The van der Waals surface area contributed by atoms with E-state index in [1.165, 1.54) is 9.24 Å². The van der Waals surface area contributed by atoms with Gasteiger partial charge in [-0.05, 0) is 60.2 Å². The number of benzene rings is 4. The van der Waals surface area contributed by atoms with Gasteiger partial charge in [-0.25, -0.2) is 9.46 Å². The molecule has 1 aromatic heterocycles. The minimum Gasteiger partial charge on any atom is -0.350 e. The third-order valence-electron chi connectivity index (χ3n) is 8.51. The van der Waals surface area contributed by atoms with Crippen LogP contribution in [0.2, 0.25) is 0 Å². The number of nitrogens with zero attached hydrogens (tertiary/aromatic N) is 4. The van der Waals surface area contributed by atoms with Gasteiger partial charge in [0, 0.05) is 24.8 Å². The van der Waals surface area contributed by atoms with E-state index < -0.39 is 30.4 Å². The molecule has 10 nitrogen and oxygen atoms in total. The molecule has 3 atom stereocenters. The lowest BCUT2D eigenvalue weighted by Gasteiger charge is -2.50. The van der Waals surface area contributed by atoms with Crippen LogP contribution in [0.1, 0.15) is 33.3 Å². The molecule has 1 aliphatic heterocycles. The van der Waals surface area contributed by atoms with Crippen molar-refractivity contribution in [2.24, 2.45) is 0 Å². The zero-order valence-corrected chi connectivity index (χ0v) is 28.8. The van der Waals surface area contributed by atoms with Gasteiger partial charge in [-0.1, -0.05) is 109 Å². The highest BCUT2D eigenvalue weighted by atomic mass is 35.7. The molecule has 5 aromatic rings. The Labute approximate surface area is 290 Å². The van der Waals surface area contributed by atoms with Crippen molar-refractivity contribution in [2.45, 2.75) is 17.9 Å². The fourth-order valence-corrected chi connectivity index (χ4v) is 6.94. The summed E-state index contributed by atoms with van der Waals surface area (Å²) in [6.07, 6.45) is 0.0558. The molecule has 1 amide bonds. The Kier molecular flexibility index (Phi) is 10.6. The van der Waals surface area contributed by atoms with Gasteiger partial charge in [0.15, 0.2) is 6.23 Å². The van der Waals surface area contributed by atoms with Crippen molar-refractivity contribution < 1.29 is 18.6 Å². The Hall–Kier alpha value is -4.41. The second-order valence-electron chi connectivity index (χ2n) is 11.8. The highest BCUT2D eigenvalue weighted by molar-refractivity contribution is 7.83. The summed E-state index contributed by atoms with van der Waals surface area (Å²) >= 11 is 6.28.